The summed E-state index contributed by atoms with van der Waals surface area (Å²) in [4.78, 5) is 8.24. The second-order valence-corrected chi connectivity index (χ2v) is 5.01. The molecule has 0 radical (unpaired) electrons. The zero-order valence-corrected chi connectivity index (χ0v) is 10.6. The van der Waals surface area contributed by atoms with Crippen LogP contribution in [0.1, 0.15) is 42.8 Å². The molecular formula is C13H18N4. The van der Waals surface area contributed by atoms with E-state index in [1.807, 2.05) is 17.9 Å². The van der Waals surface area contributed by atoms with Gasteiger partial charge in [-0.25, -0.2) is 4.98 Å². The monoisotopic (exact) mass is 230 g/mol. The summed E-state index contributed by atoms with van der Waals surface area (Å²) >= 11 is 0. The lowest BCUT2D eigenvalue weighted by Gasteiger charge is -2.15. The van der Waals surface area contributed by atoms with Gasteiger partial charge in [0.1, 0.15) is 5.82 Å². The van der Waals surface area contributed by atoms with Gasteiger partial charge in [0.05, 0.1) is 17.5 Å². The Kier molecular flexibility index (Phi) is 2.31. The molecule has 1 N–H and O–H groups in total. The molecule has 0 aromatic carbocycles. The Hall–Kier alpha value is -1.58. The minimum atomic E-state index is 0.584. The van der Waals surface area contributed by atoms with E-state index in [1.54, 1.807) is 0 Å². The first-order valence-electron chi connectivity index (χ1n) is 6.24. The van der Waals surface area contributed by atoms with Gasteiger partial charge in [-0.05, 0) is 26.2 Å². The van der Waals surface area contributed by atoms with Crippen molar-refractivity contribution >= 4 is 0 Å². The number of aromatic amines is 1. The van der Waals surface area contributed by atoms with E-state index >= 15 is 0 Å². The average molecular weight is 230 g/mol. The SMILES string of the molecule is Cc1c(-c2nc3c([nH]2)CCCC3C)cnn1C. The van der Waals surface area contributed by atoms with Gasteiger partial charge in [-0.2, -0.15) is 5.10 Å². The molecule has 0 saturated carbocycles. The number of rotatable bonds is 1. The smallest absolute Gasteiger partial charge is 0.141 e. The zero-order valence-electron chi connectivity index (χ0n) is 10.6. The van der Waals surface area contributed by atoms with Crippen LogP contribution in [0.15, 0.2) is 6.20 Å². The maximum absolute atomic E-state index is 4.77. The lowest BCUT2D eigenvalue weighted by Crippen LogP contribution is -2.05. The third-order valence-electron chi connectivity index (χ3n) is 3.83. The van der Waals surface area contributed by atoms with Crippen molar-refractivity contribution in [3.63, 3.8) is 0 Å². The number of hydrogen-bond donors (Lipinski definition) is 1. The van der Waals surface area contributed by atoms with Gasteiger partial charge in [0.2, 0.25) is 0 Å². The van der Waals surface area contributed by atoms with Crippen molar-refractivity contribution in [2.24, 2.45) is 7.05 Å². The van der Waals surface area contributed by atoms with Crippen LogP contribution in [0.4, 0.5) is 0 Å². The molecule has 0 amide bonds. The molecule has 0 fully saturated rings. The first kappa shape index (κ1) is 10.6. The highest BCUT2D eigenvalue weighted by atomic mass is 15.3. The number of aryl methyl sites for hydroxylation is 2. The van der Waals surface area contributed by atoms with Gasteiger partial charge in [-0.15, -0.1) is 0 Å². The molecule has 4 heteroatoms. The lowest BCUT2D eigenvalue weighted by molar-refractivity contribution is 0.574. The van der Waals surface area contributed by atoms with Crippen LogP contribution in [0.5, 0.6) is 0 Å². The Labute approximate surface area is 101 Å². The summed E-state index contributed by atoms with van der Waals surface area (Å²) in [7, 11) is 1.96. The first-order valence-corrected chi connectivity index (χ1v) is 6.24. The molecule has 0 aliphatic heterocycles. The third kappa shape index (κ3) is 1.59. The van der Waals surface area contributed by atoms with Gasteiger partial charge in [0.25, 0.3) is 0 Å². The van der Waals surface area contributed by atoms with Crippen LogP contribution >= 0.6 is 0 Å². The van der Waals surface area contributed by atoms with Crippen LogP contribution in [-0.2, 0) is 13.5 Å². The molecule has 2 aromatic rings. The Morgan fingerprint density at radius 1 is 1.47 bits per heavy atom. The van der Waals surface area contributed by atoms with Crippen molar-refractivity contribution < 1.29 is 0 Å². The van der Waals surface area contributed by atoms with Crippen molar-refractivity contribution in [3.05, 3.63) is 23.3 Å². The first-order chi connectivity index (χ1) is 8.16. The van der Waals surface area contributed by atoms with Crippen molar-refractivity contribution in [3.8, 4) is 11.4 Å². The number of hydrogen-bond acceptors (Lipinski definition) is 2. The minimum Gasteiger partial charge on any atom is -0.342 e. The van der Waals surface area contributed by atoms with Gasteiger partial charge in [0, 0.05) is 24.4 Å². The van der Waals surface area contributed by atoms with Crippen molar-refractivity contribution in [1.82, 2.24) is 19.7 Å². The molecule has 2 aromatic heterocycles. The summed E-state index contributed by atoms with van der Waals surface area (Å²) in [5.74, 6) is 1.56. The maximum atomic E-state index is 4.77. The van der Waals surface area contributed by atoms with Gasteiger partial charge in [-0.3, -0.25) is 4.68 Å². The van der Waals surface area contributed by atoms with Crippen LogP contribution in [0, 0.1) is 6.92 Å². The van der Waals surface area contributed by atoms with Gasteiger partial charge < -0.3 is 4.98 Å². The Bertz CT molecular complexity index is 550. The molecule has 0 saturated heterocycles. The molecule has 2 heterocycles. The van der Waals surface area contributed by atoms with E-state index in [4.69, 9.17) is 4.98 Å². The second-order valence-electron chi connectivity index (χ2n) is 5.01. The van der Waals surface area contributed by atoms with Crippen LogP contribution in [0.25, 0.3) is 11.4 Å². The van der Waals surface area contributed by atoms with E-state index in [9.17, 15) is 0 Å². The molecule has 0 bridgehead atoms. The van der Waals surface area contributed by atoms with E-state index in [0.29, 0.717) is 5.92 Å². The lowest BCUT2D eigenvalue weighted by atomic mass is 9.92. The topological polar surface area (TPSA) is 46.5 Å². The normalized spacial score (nSPS) is 19.4. The molecular weight excluding hydrogens is 212 g/mol. The summed E-state index contributed by atoms with van der Waals surface area (Å²) < 4.78 is 1.89. The number of aromatic nitrogens is 4. The van der Waals surface area contributed by atoms with Crippen LogP contribution in [0.2, 0.25) is 0 Å². The van der Waals surface area contributed by atoms with E-state index in [2.05, 4.69) is 23.9 Å². The number of imidazole rings is 1. The van der Waals surface area contributed by atoms with Crippen LogP contribution < -0.4 is 0 Å². The predicted molar refractivity (Wildman–Crippen MR) is 66.9 cm³/mol. The molecule has 3 rings (SSSR count). The molecule has 1 aliphatic carbocycles. The highest BCUT2D eigenvalue weighted by molar-refractivity contribution is 5.58. The van der Waals surface area contributed by atoms with Crippen molar-refractivity contribution in [2.45, 2.75) is 39.0 Å². The minimum absolute atomic E-state index is 0.584. The van der Waals surface area contributed by atoms with Crippen LogP contribution in [-0.4, -0.2) is 19.7 Å². The maximum Gasteiger partial charge on any atom is 0.141 e. The highest BCUT2D eigenvalue weighted by Crippen LogP contribution is 2.32. The van der Waals surface area contributed by atoms with E-state index in [1.165, 1.54) is 24.2 Å². The van der Waals surface area contributed by atoms with Gasteiger partial charge in [-0.1, -0.05) is 6.92 Å². The summed E-state index contributed by atoms with van der Waals surface area (Å²) in [5, 5.41) is 4.27. The second kappa shape index (κ2) is 3.72. The predicted octanol–water partition coefficient (Wildman–Crippen LogP) is 2.56. The molecule has 17 heavy (non-hydrogen) atoms. The Morgan fingerprint density at radius 3 is 2.94 bits per heavy atom. The number of fused-ring (bicyclic) bond motifs is 1. The third-order valence-corrected chi connectivity index (χ3v) is 3.83. The largest absolute Gasteiger partial charge is 0.342 e. The van der Waals surface area contributed by atoms with Crippen molar-refractivity contribution in [2.75, 3.05) is 0 Å². The van der Waals surface area contributed by atoms with E-state index < -0.39 is 0 Å². The molecule has 1 unspecified atom stereocenters. The summed E-state index contributed by atoms with van der Waals surface area (Å²) in [6.07, 6.45) is 5.54. The van der Waals surface area contributed by atoms with Gasteiger partial charge >= 0.3 is 0 Å². The molecule has 0 spiro atoms. The fraction of sp³-hybridized carbons (Fsp3) is 0.538. The average Bonchev–Trinajstić information content (AvgIpc) is 2.85. The molecule has 1 aliphatic rings. The fourth-order valence-corrected chi connectivity index (χ4v) is 2.60. The van der Waals surface area contributed by atoms with Crippen LogP contribution in [0.3, 0.4) is 0 Å². The van der Waals surface area contributed by atoms with E-state index in [-0.39, 0.29) is 0 Å². The van der Waals surface area contributed by atoms with Gasteiger partial charge in [0.15, 0.2) is 0 Å². The standard InChI is InChI=1S/C13H18N4/c1-8-5-4-6-11-12(8)16-13(15-11)10-7-14-17(3)9(10)2/h7-8H,4-6H2,1-3H3,(H,15,16). The molecule has 4 nitrogen and oxygen atoms in total. The fourth-order valence-electron chi connectivity index (χ4n) is 2.60. The number of nitrogens with one attached hydrogen (secondary N) is 1. The summed E-state index contributed by atoms with van der Waals surface area (Å²) in [6, 6.07) is 0. The number of nitrogens with zero attached hydrogens (tertiary/aromatic N) is 3. The Morgan fingerprint density at radius 2 is 2.29 bits per heavy atom. The summed E-state index contributed by atoms with van der Waals surface area (Å²) in [6.45, 7) is 4.34. The molecule has 90 valence electrons. The highest BCUT2D eigenvalue weighted by Gasteiger charge is 2.22. The quantitative estimate of drug-likeness (QED) is 0.818. The van der Waals surface area contributed by atoms with E-state index in [0.717, 1.165) is 23.5 Å². The zero-order chi connectivity index (χ0) is 12.0. The Balaban J connectivity index is 2.08. The number of H-pyrrole nitrogens is 1. The molecule has 1 atom stereocenters. The van der Waals surface area contributed by atoms with Crippen molar-refractivity contribution in [1.29, 1.82) is 0 Å². The summed E-state index contributed by atoms with van der Waals surface area (Å²) in [5.41, 5.74) is 4.86.